The van der Waals surface area contributed by atoms with Crippen LogP contribution in [0.25, 0.3) is 44.0 Å². The molecule has 5 heteroatoms. The fraction of sp³-hybridized carbons (Fsp3) is 0.294. The summed E-state index contributed by atoms with van der Waals surface area (Å²) in [6, 6.07) is 22.4. The van der Waals surface area contributed by atoms with Gasteiger partial charge in [0, 0.05) is 43.2 Å². The van der Waals surface area contributed by atoms with Gasteiger partial charge in [-0.1, -0.05) is 33.8 Å². The van der Waals surface area contributed by atoms with E-state index in [0.29, 0.717) is 0 Å². The first-order valence-electron chi connectivity index (χ1n) is 13.1. The molecule has 0 fully saturated rings. The van der Waals surface area contributed by atoms with E-state index in [1.165, 1.54) is 54.7 Å². The summed E-state index contributed by atoms with van der Waals surface area (Å²) in [7, 11) is 0. The van der Waals surface area contributed by atoms with Gasteiger partial charge < -0.3 is 14.5 Å². The monoisotopic (exact) mass is 697 g/mol. The van der Waals surface area contributed by atoms with Gasteiger partial charge in [-0.2, -0.15) is 0 Å². The summed E-state index contributed by atoms with van der Waals surface area (Å²) in [6.07, 6.45) is 5.42. The van der Waals surface area contributed by atoms with Crippen LogP contribution >= 0.6 is 0 Å². The second-order valence-corrected chi connectivity index (χ2v) is 11.6. The number of rotatable bonds is 2. The van der Waals surface area contributed by atoms with E-state index in [2.05, 4.69) is 70.2 Å². The van der Waals surface area contributed by atoms with Gasteiger partial charge in [-0.3, -0.25) is 4.79 Å². The number of aliphatic hydroxyl groups is 1. The number of nitrogens with zero attached hydrogens (tertiary/aromatic N) is 1. The summed E-state index contributed by atoms with van der Waals surface area (Å²) in [5.74, 6) is -0.0625. The molecule has 203 valence electrons. The number of hydrogen-bond acceptors (Lipinski definition) is 4. The molecule has 0 bridgehead atoms. The molecule has 1 aliphatic rings. The molecule has 2 heterocycles. The number of ketones is 1. The maximum atomic E-state index is 10.0. The smallest absolute Gasteiger partial charge is 0.155 e. The van der Waals surface area contributed by atoms with Gasteiger partial charge in [0.05, 0.1) is 5.76 Å². The molecular weight excluding hydrogens is 663 g/mol. The van der Waals surface area contributed by atoms with Crippen LogP contribution in [0.4, 0.5) is 0 Å². The Labute approximate surface area is 243 Å². The number of aromatic nitrogens is 1. The van der Waals surface area contributed by atoms with Gasteiger partial charge in [0.2, 0.25) is 0 Å². The number of benzene rings is 3. The summed E-state index contributed by atoms with van der Waals surface area (Å²) in [6.45, 7) is 12.4. The van der Waals surface area contributed by atoms with E-state index >= 15 is 0 Å². The average Bonchev–Trinajstić information content (AvgIpc) is 3.22. The molecule has 3 aromatic carbocycles. The maximum Gasteiger partial charge on any atom is 0.155 e. The van der Waals surface area contributed by atoms with Crippen LogP contribution in [0.5, 0.6) is 0 Å². The fourth-order valence-electron chi connectivity index (χ4n) is 5.74. The Balaban J connectivity index is 0.000000394. The first kappa shape index (κ1) is 28.7. The van der Waals surface area contributed by atoms with Crippen LogP contribution in [0, 0.1) is 6.07 Å². The molecular formula is C34H34IrNO3-. The Morgan fingerprint density at radius 2 is 1.72 bits per heavy atom. The predicted octanol–water partition coefficient (Wildman–Crippen LogP) is 8.99. The molecule has 0 atom stereocenters. The van der Waals surface area contributed by atoms with Crippen molar-refractivity contribution in [2.75, 3.05) is 0 Å². The van der Waals surface area contributed by atoms with E-state index in [1.54, 1.807) is 0 Å². The van der Waals surface area contributed by atoms with Crippen molar-refractivity contribution in [3.05, 3.63) is 89.8 Å². The Kier molecular flexibility index (Phi) is 7.89. The molecule has 6 rings (SSSR count). The Bertz CT molecular complexity index is 1710. The largest absolute Gasteiger partial charge is 0.512 e. The zero-order chi connectivity index (χ0) is 27.2. The van der Waals surface area contributed by atoms with Crippen molar-refractivity contribution in [3.63, 3.8) is 0 Å². The van der Waals surface area contributed by atoms with Gasteiger partial charge in [-0.25, -0.2) is 0 Å². The average molecular weight is 697 g/mol. The third-order valence-electron chi connectivity index (χ3n) is 7.68. The predicted molar refractivity (Wildman–Crippen MR) is 156 cm³/mol. The Morgan fingerprint density at radius 1 is 0.974 bits per heavy atom. The van der Waals surface area contributed by atoms with Crippen molar-refractivity contribution in [2.24, 2.45) is 0 Å². The molecule has 0 spiro atoms. The summed E-state index contributed by atoms with van der Waals surface area (Å²) in [5.41, 5.74) is 7.12. The number of hydrogen-bond donors (Lipinski definition) is 1. The van der Waals surface area contributed by atoms with Crippen molar-refractivity contribution in [3.8, 4) is 11.3 Å². The van der Waals surface area contributed by atoms with E-state index in [0.717, 1.165) is 33.2 Å². The van der Waals surface area contributed by atoms with E-state index in [9.17, 15) is 4.79 Å². The SMILES string of the molecule is CC(=O)/C=C(/C)O.CC1(C)CCC(C)(C)c2c1ccc1oc3cc4ccnc(-c5[c-]cccc5)c4cc3c21.[Ir]. The third-order valence-corrected chi connectivity index (χ3v) is 7.68. The van der Waals surface area contributed by atoms with Crippen molar-refractivity contribution in [2.45, 2.75) is 65.2 Å². The first-order valence-corrected chi connectivity index (χ1v) is 13.1. The van der Waals surface area contributed by atoms with Gasteiger partial charge >= 0.3 is 0 Å². The third kappa shape index (κ3) is 5.44. The van der Waals surface area contributed by atoms with E-state index in [-0.39, 0.29) is 42.5 Å². The molecule has 0 amide bonds. The van der Waals surface area contributed by atoms with Crippen molar-refractivity contribution >= 4 is 38.5 Å². The molecule has 0 saturated carbocycles. The second-order valence-electron chi connectivity index (χ2n) is 11.6. The van der Waals surface area contributed by atoms with Crippen LogP contribution in [0.15, 0.2) is 77.0 Å². The van der Waals surface area contributed by atoms with Crippen molar-refractivity contribution in [1.29, 1.82) is 0 Å². The van der Waals surface area contributed by atoms with Gasteiger partial charge in [0.1, 0.15) is 11.2 Å². The van der Waals surface area contributed by atoms with Gasteiger partial charge in [-0.15, -0.1) is 35.9 Å². The molecule has 1 aliphatic carbocycles. The molecule has 0 saturated heterocycles. The van der Waals surface area contributed by atoms with Crippen LogP contribution < -0.4 is 0 Å². The molecule has 2 aromatic heterocycles. The van der Waals surface area contributed by atoms with E-state index < -0.39 is 0 Å². The van der Waals surface area contributed by atoms with Crippen molar-refractivity contribution < 1.29 is 34.4 Å². The summed E-state index contributed by atoms with van der Waals surface area (Å²) >= 11 is 0. The number of carbonyl (C=O) groups is 1. The molecule has 1 radical (unpaired) electrons. The topological polar surface area (TPSA) is 63.3 Å². The fourth-order valence-corrected chi connectivity index (χ4v) is 5.74. The molecule has 5 aromatic rings. The second kappa shape index (κ2) is 10.7. The number of furan rings is 1. The van der Waals surface area contributed by atoms with Gasteiger partial charge in [-0.05, 0) is 89.4 Å². The minimum atomic E-state index is -0.125. The van der Waals surface area contributed by atoms with Gasteiger partial charge in [0.15, 0.2) is 5.78 Å². The van der Waals surface area contributed by atoms with E-state index in [4.69, 9.17) is 14.5 Å². The molecule has 0 aliphatic heterocycles. The first-order chi connectivity index (χ1) is 18.0. The standard InChI is InChI=1S/C29H26NO.C5H8O2.Ir/c1-28(2)13-14-29(3,4)26-22(28)10-11-23-25(26)21-17-20-19(16-24(21)31-23)12-15-30-27(20)18-8-6-5-7-9-18;1-4(6)3-5(2)7;/h5-8,10-12,15-17H,13-14H2,1-4H3;3,6H,1-2H3;/q-1;;/b;4-3-;. The minimum absolute atomic E-state index is 0. The quantitative estimate of drug-likeness (QED) is 0.114. The molecule has 39 heavy (non-hydrogen) atoms. The van der Waals surface area contributed by atoms with Crippen molar-refractivity contribution in [1.82, 2.24) is 4.98 Å². The van der Waals surface area contributed by atoms with Crippen LogP contribution in [0.1, 0.15) is 65.5 Å². The Morgan fingerprint density at radius 3 is 2.36 bits per heavy atom. The zero-order valence-corrected chi connectivity index (χ0v) is 25.7. The number of pyridine rings is 1. The normalized spacial score (nSPS) is 15.8. The summed E-state index contributed by atoms with van der Waals surface area (Å²) < 4.78 is 6.41. The number of aliphatic hydroxyl groups excluding tert-OH is 1. The van der Waals surface area contributed by atoms with Crippen LogP contribution in [0.2, 0.25) is 0 Å². The van der Waals surface area contributed by atoms with E-state index in [1.807, 2.05) is 24.4 Å². The van der Waals surface area contributed by atoms with Crippen LogP contribution in [-0.2, 0) is 35.7 Å². The maximum absolute atomic E-state index is 10.0. The number of allylic oxidation sites excluding steroid dienone is 2. The molecule has 4 nitrogen and oxygen atoms in total. The van der Waals surface area contributed by atoms with Crippen LogP contribution in [0.3, 0.4) is 0 Å². The van der Waals surface area contributed by atoms with Crippen LogP contribution in [-0.4, -0.2) is 15.9 Å². The number of carbonyl (C=O) groups excluding carboxylic acids is 1. The minimum Gasteiger partial charge on any atom is -0.512 e. The molecule has 0 unspecified atom stereocenters. The summed E-state index contributed by atoms with van der Waals surface area (Å²) in [5, 5.41) is 13.1. The van der Waals surface area contributed by atoms with Gasteiger partial charge in [0.25, 0.3) is 0 Å². The number of fused-ring (bicyclic) bond motifs is 6. The Hall–Kier alpha value is -3.27. The zero-order valence-electron chi connectivity index (χ0n) is 23.3. The summed E-state index contributed by atoms with van der Waals surface area (Å²) in [4.78, 5) is 14.7. The molecule has 1 N–H and O–H groups in total.